The Morgan fingerprint density at radius 1 is 1.33 bits per heavy atom. The van der Waals surface area contributed by atoms with Gasteiger partial charge in [0.1, 0.15) is 6.61 Å². The van der Waals surface area contributed by atoms with E-state index in [0.29, 0.717) is 5.56 Å². The molecule has 0 radical (unpaired) electrons. The smallest absolute Gasteiger partial charge is 0.248 e. The molecule has 0 spiro atoms. The van der Waals surface area contributed by atoms with Crippen LogP contribution in [-0.4, -0.2) is 30.6 Å². The standard InChI is InChI=1S/C13H17F2NO2/c1-9(2)18-8-13(17)16(3)7-10-4-5-11(14)12(15)6-10/h4-6,9H,7-8H2,1-3H3. The monoisotopic (exact) mass is 257 g/mol. The lowest BCUT2D eigenvalue weighted by molar-refractivity contribution is -0.136. The Morgan fingerprint density at radius 2 is 2.00 bits per heavy atom. The highest BCUT2D eigenvalue weighted by Crippen LogP contribution is 2.10. The zero-order valence-electron chi connectivity index (χ0n) is 10.7. The summed E-state index contributed by atoms with van der Waals surface area (Å²) >= 11 is 0. The predicted octanol–water partition coefficient (Wildman–Crippen LogP) is 2.35. The van der Waals surface area contributed by atoms with E-state index >= 15 is 0 Å². The molecule has 1 amide bonds. The Kier molecular flexibility index (Phi) is 5.22. The highest BCUT2D eigenvalue weighted by Gasteiger charge is 2.11. The SMILES string of the molecule is CC(C)OCC(=O)N(C)Cc1ccc(F)c(F)c1. The van der Waals surface area contributed by atoms with Crippen LogP contribution in [-0.2, 0) is 16.1 Å². The molecule has 0 aliphatic carbocycles. The molecule has 0 heterocycles. The fourth-order valence-electron chi connectivity index (χ4n) is 1.35. The summed E-state index contributed by atoms with van der Waals surface area (Å²) < 4.78 is 30.9. The van der Waals surface area contributed by atoms with E-state index in [1.807, 2.05) is 13.8 Å². The van der Waals surface area contributed by atoms with Crippen molar-refractivity contribution in [3.05, 3.63) is 35.4 Å². The van der Waals surface area contributed by atoms with Gasteiger partial charge in [-0.25, -0.2) is 8.78 Å². The molecule has 0 saturated carbocycles. The fraction of sp³-hybridized carbons (Fsp3) is 0.462. The van der Waals surface area contributed by atoms with Crippen molar-refractivity contribution in [2.45, 2.75) is 26.5 Å². The van der Waals surface area contributed by atoms with Crippen LogP contribution in [0.4, 0.5) is 8.78 Å². The van der Waals surface area contributed by atoms with E-state index in [9.17, 15) is 13.6 Å². The minimum atomic E-state index is -0.910. The molecule has 0 atom stereocenters. The first kappa shape index (κ1) is 14.6. The van der Waals surface area contributed by atoms with E-state index in [1.54, 1.807) is 7.05 Å². The van der Waals surface area contributed by atoms with E-state index in [1.165, 1.54) is 11.0 Å². The van der Waals surface area contributed by atoms with Crippen molar-refractivity contribution in [3.8, 4) is 0 Å². The molecule has 1 aromatic carbocycles. The van der Waals surface area contributed by atoms with Gasteiger partial charge in [-0.3, -0.25) is 4.79 Å². The van der Waals surface area contributed by atoms with Gasteiger partial charge in [0.25, 0.3) is 0 Å². The van der Waals surface area contributed by atoms with Gasteiger partial charge in [-0.05, 0) is 31.5 Å². The largest absolute Gasteiger partial charge is 0.369 e. The number of likely N-dealkylation sites (N-methyl/N-ethyl adjacent to an activating group) is 1. The van der Waals surface area contributed by atoms with Gasteiger partial charge >= 0.3 is 0 Å². The highest BCUT2D eigenvalue weighted by atomic mass is 19.2. The van der Waals surface area contributed by atoms with Gasteiger partial charge in [0.15, 0.2) is 11.6 Å². The summed E-state index contributed by atoms with van der Waals surface area (Å²) in [5.74, 6) is -2.00. The molecule has 1 rings (SSSR count). The molecule has 0 saturated heterocycles. The van der Waals surface area contributed by atoms with Crippen molar-refractivity contribution < 1.29 is 18.3 Å². The number of hydrogen-bond donors (Lipinski definition) is 0. The number of nitrogens with zero attached hydrogens (tertiary/aromatic N) is 1. The summed E-state index contributed by atoms with van der Waals surface area (Å²) in [7, 11) is 1.59. The van der Waals surface area contributed by atoms with Crippen LogP contribution in [0, 0.1) is 11.6 Å². The molecular weight excluding hydrogens is 240 g/mol. The summed E-state index contributed by atoms with van der Waals surface area (Å²) in [6.45, 7) is 3.88. The molecule has 0 aliphatic rings. The Balaban J connectivity index is 2.55. The minimum absolute atomic E-state index is 0.0160. The first-order chi connectivity index (χ1) is 8.40. The normalized spacial score (nSPS) is 10.8. The number of carbonyl (C=O) groups is 1. The Morgan fingerprint density at radius 3 is 2.56 bits per heavy atom. The van der Waals surface area contributed by atoms with Crippen molar-refractivity contribution >= 4 is 5.91 Å². The third kappa shape index (κ3) is 4.41. The number of ether oxygens (including phenoxy) is 1. The number of amides is 1. The van der Waals surface area contributed by atoms with Crippen molar-refractivity contribution in [3.63, 3.8) is 0 Å². The number of rotatable bonds is 5. The summed E-state index contributed by atoms with van der Waals surface area (Å²) in [6, 6.07) is 3.58. The lowest BCUT2D eigenvalue weighted by Gasteiger charge is -2.18. The molecule has 0 unspecified atom stereocenters. The molecule has 5 heteroatoms. The third-order valence-electron chi connectivity index (χ3n) is 2.37. The van der Waals surface area contributed by atoms with Crippen molar-refractivity contribution in [2.75, 3.05) is 13.7 Å². The zero-order chi connectivity index (χ0) is 13.7. The average Bonchev–Trinajstić information content (AvgIpc) is 2.30. The van der Waals surface area contributed by atoms with E-state index < -0.39 is 11.6 Å². The number of halogens is 2. The third-order valence-corrected chi connectivity index (χ3v) is 2.37. The van der Waals surface area contributed by atoms with Crippen LogP contribution in [0.5, 0.6) is 0 Å². The van der Waals surface area contributed by atoms with Gasteiger partial charge in [0.05, 0.1) is 6.10 Å². The van der Waals surface area contributed by atoms with Crippen molar-refractivity contribution in [1.82, 2.24) is 4.90 Å². The Bertz CT molecular complexity index is 421. The van der Waals surface area contributed by atoms with E-state index in [0.717, 1.165) is 12.1 Å². The first-order valence-electron chi connectivity index (χ1n) is 5.69. The van der Waals surface area contributed by atoms with E-state index in [2.05, 4.69) is 0 Å². The second-order valence-corrected chi connectivity index (χ2v) is 4.36. The highest BCUT2D eigenvalue weighted by molar-refractivity contribution is 5.77. The molecule has 3 nitrogen and oxygen atoms in total. The van der Waals surface area contributed by atoms with Crippen LogP contribution in [0.2, 0.25) is 0 Å². The number of carbonyl (C=O) groups excluding carboxylic acids is 1. The number of benzene rings is 1. The van der Waals surface area contributed by atoms with Gasteiger partial charge in [0, 0.05) is 13.6 Å². The van der Waals surface area contributed by atoms with Crippen molar-refractivity contribution in [1.29, 1.82) is 0 Å². The van der Waals surface area contributed by atoms with Crippen LogP contribution < -0.4 is 0 Å². The summed E-state index contributed by atoms with van der Waals surface area (Å²) in [6.07, 6.45) is -0.0226. The lowest BCUT2D eigenvalue weighted by Crippen LogP contribution is -2.30. The van der Waals surface area contributed by atoms with Gasteiger partial charge < -0.3 is 9.64 Å². The quantitative estimate of drug-likeness (QED) is 0.810. The summed E-state index contributed by atoms with van der Waals surface area (Å²) in [5.41, 5.74) is 0.536. The molecule has 100 valence electrons. The second kappa shape index (κ2) is 6.44. The van der Waals surface area contributed by atoms with Crippen LogP contribution in [0.3, 0.4) is 0 Å². The Hall–Kier alpha value is -1.49. The maximum absolute atomic E-state index is 13.0. The minimum Gasteiger partial charge on any atom is -0.369 e. The fourth-order valence-corrected chi connectivity index (χ4v) is 1.35. The first-order valence-corrected chi connectivity index (χ1v) is 5.69. The van der Waals surface area contributed by atoms with Crippen LogP contribution in [0.15, 0.2) is 18.2 Å². The molecule has 0 N–H and O–H groups in total. The molecule has 0 fully saturated rings. The summed E-state index contributed by atoms with van der Waals surface area (Å²) in [5, 5.41) is 0. The van der Waals surface area contributed by atoms with Gasteiger partial charge in [0.2, 0.25) is 5.91 Å². The van der Waals surface area contributed by atoms with Crippen LogP contribution in [0.1, 0.15) is 19.4 Å². The predicted molar refractivity (Wildman–Crippen MR) is 63.9 cm³/mol. The van der Waals surface area contributed by atoms with Crippen molar-refractivity contribution in [2.24, 2.45) is 0 Å². The second-order valence-electron chi connectivity index (χ2n) is 4.36. The molecule has 0 aliphatic heterocycles. The molecule has 0 bridgehead atoms. The molecule has 1 aromatic rings. The Labute approximate surface area is 105 Å². The van der Waals surface area contributed by atoms with E-state index in [4.69, 9.17) is 4.74 Å². The number of hydrogen-bond acceptors (Lipinski definition) is 2. The molecule has 18 heavy (non-hydrogen) atoms. The maximum Gasteiger partial charge on any atom is 0.248 e. The molecule has 0 aromatic heterocycles. The maximum atomic E-state index is 13.0. The lowest BCUT2D eigenvalue weighted by atomic mass is 10.2. The van der Waals surface area contributed by atoms with Gasteiger partial charge in [-0.2, -0.15) is 0 Å². The van der Waals surface area contributed by atoms with E-state index in [-0.39, 0.29) is 25.2 Å². The summed E-state index contributed by atoms with van der Waals surface area (Å²) in [4.78, 5) is 13.0. The van der Waals surface area contributed by atoms with Crippen LogP contribution in [0.25, 0.3) is 0 Å². The van der Waals surface area contributed by atoms with Gasteiger partial charge in [-0.15, -0.1) is 0 Å². The average molecular weight is 257 g/mol. The van der Waals surface area contributed by atoms with Crippen LogP contribution >= 0.6 is 0 Å². The topological polar surface area (TPSA) is 29.5 Å². The van der Waals surface area contributed by atoms with Gasteiger partial charge in [-0.1, -0.05) is 6.07 Å². The molecular formula is C13H17F2NO2. The zero-order valence-corrected chi connectivity index (χ0v) is 10.7.